The van der Waals surface area contributed by atoms with Crippen LogP contribution in [0.4, 0.5) is 5.00 Å². The molecule has 0 saturated carbocycles. The number of allylic oxidation sites excluding steroid dienone is 1. The van der Waals surface area contributed by atoms with Gasteiger partial charge in [-0.1, -0.05) is 35.5 Å². The first kappa shape index (κ1) is 27.2. The van der Waals surface area contributed by atoms with Gasteiger partial charge in [0.25, 0.3) is 0 Å². The highest BCUT2D eigenvalue weighted by atomic mass is 35.5. The van der Waals surface area contributed by atoms with E-state index in [1.54, 1.807) is 19.1 Å². The van der Waals surface area contributed by atoms with Gasteiger partial charge in [0, 0.05) is 11.4 Å². The molecule has 1 aliphatic carbocycles. The van der Waals surface area contributed by atoms with Gasteiger partial charge < -0.3 is 14.8 Å². The summed E-state index contributed by atoms with van der Waals surface area (Å²) in [6, 6.07) is 5.57. The van der Waals surface area contributed by atoms with E-state index in [9.17, 15) is 9.59 Å². The Labute approximate surface area is 229 Å². The maximum absolute atomic E-state index is 12.9. The van der Waals surface area contributed by atoms with Crippen LogP contribution < -0.4 is 10.1 Å². The lowest BCUT2D eigenvalue weighted by atomic mass is 9.95. The van der Waals surface area contributed by atoms with E-state index in [4.69, 9.17) is 21.1 Å². The topological polar surface area (TPSA) is 95.3 Å². The maximum atomic E-state index is 12.9. The van der Waals surface area contributed by atoms with Crippen molar-refractivity contribution in [1.82, 2.24) is 14.8 Å². The van der Waals surface area contributed by atoms with Gasteiger partial charge in [0.15, 0.2) is 11.0 Å². The molecule has 0 fully saturated rings. The SMILES string of the molecule is C=CCn1c(COc2cc(C)ccc2Cl)nnc1SCC(=O)Nc1sc2c(c1C(=O)OCC)CCCC2. The van der Waals surface area contributed by atoms with E-state index in [-0.39, 0.29) is 30.8 Å². The Balaban J connectivity index is 1.43. The van der Waals surface area contributed by atoms with E-state index < -0.39 is 0 Å². The Morgan fingerprint density at radius 1 is 1.30 bits per heavy atom. The lowest BCUT2D eigenvalue weighted by Crippen LogP contribution is -2.17. The van der Waals surface area contributed by atoms with Crippen LogP contribution in [0, 0.1) is 6.92 Å². The molecule has 0 atom stereocenters. The van der Waals surface area contributed by atoms with Gasteiger partial charge in [-0.3, -0.25) is 9.36 Å². The van der Waals surface area contributed by atoms with Crippen LogP contribution in [0.25, 0.3) is 0 Å². The van der Waals surface area contributed by atoms with Crippen LogP contribution in [0.15, 0.2) is 36.0 Å². The molecule has 0 radical (unpaired) electrons. The van der Waals surface area contributed by atoms with Crippen molar-refractivity contribution < 1.29 is 19.1 Å². The largest absolute Gasteiger partial charge is 0.484 e. The van der Waals surface area contributed by atoms with Gasteiger partial charge in [-0.25, -0.2) is 4.79 Å². The van der Waals surface area contributed by atoms with Crippen molar-refractivity contribution in [3.63, 3.8) is 0 Å². The number of nitrogens with one attached hydrogen (secondary N) is 1. The van der Waals surface area contributed by atoms with Crippen LogP contribution in [0.5, 0.6) is 5.75 Å². The molecule has 0 bridgehead atoms. The van der Waals surface area contributed by atoms with Gasteiger partial charge >= 0.3 is 5.97 Å². The number of esters is 1. The quantitative estimate of drug-likeness (QED) is 0.178. The highest BCUT2D eigenvalue weighted by Gasteiger charge is 2.27. The number of amides is 1. The molecule has 0 spiro atoms. The van der Waals surface area contributed by atoms with Crippen LogP contribution in [-0.2, 0) is 35.5 Å². The van der Waals surface area contributed by atoms with E-state index >= 15 is 0 Å². The zero-order valence-electron chi connectivity index (χ0n) is 20.8. The molecular formula is C26H29ClN4O4S2. The number of carbonyl (C=O) groups is 2. The second kappa shape index (κ2) is 12.6. The standard InChI is InChI=1S/C26H29ClN4O4S2/c1-4-12-31-21(14-35-19-13-16(3)10-11-18(19)27)29-30-26(31)36-15-22(32)28-24-23(25(33)34-5-2)17-8-6-7-9-20(17)37-24/h4,10-11,13H,1,5-9,12,14-15H2,2-3H3,(H,28,32). The van der Waals surface area contributed by atoms with Crippen molar-refractivity contribution >= 4 is 51.6 Å². The molecular weight excluding hydrogens is 532 g/mol. The van der Waals surface area contributed by atoms with Crippen molar-refractivity contribution in [2.24, 2.45) is 0 Å². The molecule has 1 aromatic carbocycles. The molecule has 3 aromatic rings. The average molecular weight is 561 g/mol. The number of hydrogen-bond donors (Lipinski definition) is 1. The Morgan fingerprint density at radius 3 is 2.89 bits per heavy atom. The van der Waals surface area contributed by atoms with Gasteiger partial charge in [-0.05, 0) is 62.8 Å². The average Bonchev–Trinajstić information content (AvgIpc) is 3.44. The third-order valence-electron chi connectivity index (χ3n) is 5.78. The number of thioether (sulfide) groups is 1. The number of rotatable bonds is 11. The number of fused-ring (bicyclic) bond motifs is 1. The van der Waals surface area contributed by atoms with E-state index in [0.717, 1.165) is 41.7 Å². The fraction of sp³-hybridized carbons (Fsp3) is 0.385. The monoisotopic (exact) mass is 560 g/mol. The summed E-state index contributed by atoms with van der Waals surface area (Å²) in [5, 5.41) is 13.1. The summed E-state index contributed by atoms with van der Waals surface area (Å²) in [7, 11) is 0. The lowest BCUT2D eigenvalue weighted by Gasteiger charge is -2.12. The zero-order valence-corrected chi connectivity index (χ0v) is 23.2. The minimum atomic E-state index is -0.381. The normalized spacial score (nSPS) is 12.6. The fourth-order valence-electron chi connectivity index (χ4n) is 4.07. The summed E-state index contributed by atoms with van der Waals surface area (Å²) in [4.78, 5) is 26.7. The number of ether oxygens (including phenoxy) is 2. The summed E-state index contributed by atoms with van der Waals surface area (Å²) in [6.07, 6.45) is 5.59. The Bertz CT molecular complexity index is 1300. The molecule has 0 aliphatic heterocycles. The van der Waals surface area contributed by atoms with Crippen LogP contribution in [0.2, 0.25) is 5.02 Å². The molecule has 2 heterocycles. The fourth-order valence-corrected chi connectivity index (χ4v) is 6.31. The van der Waals surface area contributed by atoms with Crippen molar-refractivity contribution in [3.05, 3.63) is 63.3 Å². The van der Waals surface area contributed by atoms with Crippen LogP contribution in [-0.4, -0.2) is 39.0 Å². The third-order valence-corrected chi connectivity index (χ3v) is 8.27. The van der Waals surface area contributed by atoms with Crippen molar-refractivity contribution in [3.8, 4) is 5.75 Å². The van der Waals surface area contributed by atoms with Crippen molar-refractivity contribution in [2.45, 2.75) is 57.8 Å². The van der Waals surface area contributed by atoms with Crippen LogP contribution in [0.3, 0.4) is 0 Å². The summed E-state index contributed by atoms with van der Waals surface area (Å²) in [6.45, 7) is 8.47. The van der Waals surface area contributed by atoms with E-state index in [2.05, 4.69) is 22.1 Å². The Hall–Kier alpha value is -2.82. The van der Waals surface area contributed by atoms with Gasteiger partial charge in [0.1, 0.15) is 17.4 Å². The smallest absolute Gasteiger partial charge is 0.341 e. The molecule has 8 nitrogen and oxygen atoms in total. The molecule has 0 saturated heterocycles. The number of aromatic nitrogens is 3. The van der Waals surface area contributed by atoms with E-state index in [1.807, 2.05) is 23.6 Å². The maximum Gasteiger partial charge on any atom is 0.341 e. The second-order valence-electron chi connectivity index (χ2n) is 8.49. The molecule has 2 aromatic heterocycles. The minimum Gasteiger partial charge on any atom is -0.484 e. The molecule has 4 rings (SSSR count). The number of halogens is 1. The molecule has 1 N–H and O–H groups in total. The van der Waals surface area contributed by atoms with Gasteiger partial charge in [-0.15, -0.1) is 28.1 Å². The Kier molecular flexibility index (Phi) is 9.28. The highest BCUT2D eigenvalue weighted by molar-refractivity contribution is 7.99. The number of thiophene rings is 1. The number of hydrogen-bond acceptors (Lipinski definition) is 8. The van der Waals surface area contributed by atoms with Crippen molar-refractivity contribution in [2.75, 3.05) is 17.7 Å². The number of benzene rings is 1. The molecule has 1 amide bonds. The van der Waals surface area contributed by atoms with Crippen molar-refractivity contribution in [1.29, 1.82) is 0 Å². The summed E-state index contributed by atoms with van der Waals surface area (Å²) >= 11 is 8.97. The summed E-state index contributed by atoms with van der Waals surface area (Å²) < 4.78 is 13.0. The van der Waals surface area contributed by atoms with Crippen LogP contribution in [0.1, 0.15) is 52.0 Å². The molecule has 1 aliphatic rings. The number of carbonyl (C=O) groups excluding carboxylic acids is 2. The van der Waals surface area contributed by atoms with Gasteiger partial charge in [-0.2, -0.15) is 0 Å². The van der Waals surface area contributed by atoms with Gasteiger partial charge in [0.2, 0.25) is 5.91 Å². The lowest BCUT2D eigenvalue weighted by molar-refractivity contribution is -0.113. The minimum absolute atomic E-state index is 0.102. The van der Waals surface area contributed by atoms with Crippen LogP contribution >= 0.6 is 34.7 Å². The Morgan fingerprint density at radius 2 is 2.11 bits per heavy atom. The van der Waals surface area contributed by atoms with Gasteiger partial charge in [0.05, 0.1) is 22.9 Å². The molecule has 11 heteroatoms. The number of anilines is 1. The first-order valence-electron chi connectivity index (χ1n) is 12.1. The predicted molar refractivity (Wildman–Crippen MR) is 147 cm³/mol. The highest BCUT2D eigenvalue weighted by Crippen LogP contribution is 2.38. The summed E-state index contributed by atoms with van der Waals surface area (Å²) in [5.41, 5.74) is 2.55. The number of nitrogens with zero attached hydrogens (tertiary/aromatic N) is 3. The predicted octanol–water partition coefficient (Wildman–Crippen LogP) is 5.85. The first-order chi connectivity index (χ1) is 17.9. The number of aryl methyl sites for hydroxylation is 2. The van der Waals surface area contributed by atoms with E-state index in [1.165, 1.54) is 23.1 Å². The summed E-state index contributed by atoms with van der Waals surface area (Å²) in [5.74, 6) is 0.654. The zero-order chi connectivity index (χ0) is 26.4. The first-order valence-corrected chi connectivity index (χ1v) is 14.3. The molecule has 37 heavy (non-hydrogen) atoms. The third kappa shape index (κ3) is 6.55. The second-order valence-corrected chi connectivity index (χ2v) is 10.9. The molecule has 0 unspecified atom stereocenters. The molecule has 196 valence electrons. The van der Waals surface area contributed by atoms with E-state index in [0.29, 0.717) is 38.9 Å².